The van der Waals surface area contributed by atoms with E-state index in [9.17, 15) is 9.18 Å². The summed E-state index contributed by atoms with van der Waals surface area (Å²) in [5, 5.41) is 2.57. The highest BCUT2D eigenvalue weighted by molar-refractivity contribution is 6.04. The summed E-state index contributed by atoms with van der Waals surface area (Å²) in [7, 11) is 1.52. The molecule has 0 saturated carbocycles. The Morgan fingerprint density at radius 1 is 1.17 bits per heavy atom. The Hall–Kier alpha value is -2.56. The lowest BCUT2D eigenvalue weighted by Gasteiger charge is -2.12. The lowest BCUT2D eigenvalue weighted by atomic mass is 10.1. The van der Waals surface area contributed by atoms with Crippen LogP contribution in [0.25, 0.3) is 0 Å². The summed E-state index contributed by atoms with van der Waals surface area (Å²) in [6.07, 6.45) is 1.98. The molecule has 0 aromatic heterocycles. The number of amides is 1. The fraction of sp³-hybridized carbons (Fsp3) is 0.316. The minimum atomic E-state index is -0.463. The first-order valence-corrected chi connectivity index (χ1v) is 7.93. The van der Waals surface area contributed by atoms with E-state index in [1.54, 1.807) is 37.3 Å². The number of anilines is 1. The SMILES string of the molecule is CCCCOc1ccc(C(=O)Nc2ccc(C)cc2F)cc1OC. The van der Waals surface area contributed by atoms with E-state index in [1.807, 2.05) is 0 Å². The van der Waals surface area contributed by atoms with Crippen LogP contribution in [-0.4, -0.2) is 19.6 Å². The predicted molar refractivity (Wildman–Crippen MR) is 92.5 cm³/mol. The number of unbranched alkanes of at least 4 members (excludes halogenated alkanes) is 1. The third-order valence-corrected chi connectivity index (χ3v) is 3.55. The van der Waals surface area contributed by atoms with E-state index in [4.69, 9.17) is 9.47 Å². The maximum Gasteiger partial charge on any atom is 0.255 e. The number of hydrogen-bond donors (Lipinski definition) is 1. The molecule has 0 fully saturated rings. The first kappa shape index (κ1) is 17.8. The molecule has 4 nitrogen and oxygen atoms in total. The second-order valence-corrected chi connectivity index (χ2v) is 5.51. The van der Waals surface area contributed by atoms with Crippen LogP contribution in [0.2, 0.25) is 0 Å². The van der Waals surface area contributed by atoms with E-state index in [0.717, 1.165) is 18.4 Å². The predicted octanol–water partition coefficient (Wildman–Crippen LogP) is 4.57. The molecule has 2 aromatic carbocycles. The van der Waals surface area contributed by atoms with E-state index in [-0.39, 0.29) is 5.69 Å². The minimum absolute atomic E-state index is 0.146. The number of halogens is 1. The number of hydrogen-bond acceptors (Lipinski definition) is 3. The van der Waals surface area contributed by atoms with E-state index in [1.165, 1.54) is 13.2 Å². The van der Waals surface area contributed by atoms with Crippen LogP contribution in [0, 0.1) is 12.7 Å². The Labute approximate surface area is 141 Å². The number of carbonyl (C=O) groups is 1. The van der Waals surface area contributed by atoms with E-state index in [0.29, 0.717) is 23.7 Å². The molecular weight excluding hydrogens is 309 g/mol. The third-order valence-electron chi connectivity index (χ3n) is 3.55. The lowest BCUT2D eigenvalue weighted by molar-refractivity contribution is 0.102. The summed E-state index contributed by atoms with van der Waals surface area (Å²) >= 11 is 0. The molecule has 0 radical (unpaired) electrons. The van der Waals surface area contributed by atoms with E-state index >= 15 is 0 Å². The van der Waals surface area contributed by atoms with Crippen molar-refractivity contribution in [1.82, 2.24) is 0 Å². The van der Waals surface area contributed by atoms with Gasteiger partial charge in [0.05, 0.1) is 19.4 Å². The van der Waals surface area contributed by atoms with Crippen LogP contribution in [0.1, 0.15) is 35.7 Å². The minimum Gasteiger partial charge on any atom is -0.493 e. The van der Waals surface area contributed by atoms with Crippen LogP contribution < -0.4 is 14.8 Å². The number of benzene rings is 2. The van der Waals surface area contributed by atoms with Crippen LogP contribution >= 0.6 is 0 Å². The zero-order valence-corrected chi connectivity index (χ0v) is 14.2. The van der Waals surface area contributed by atoms with Gasteiger partial charge >= 0.3 is 0 Å². The van der Waals surface area contributed by atoms with Crippen LogP contribution in [0.5, 0.6) is 11.5 Å². The molecule has 128 valence electrons. The van der Waals surface area contributed by atoms with Crippen molar-refractivity contribution >= 4 is 11.6 Å². The zero-order chi connectivity index (χ0) is 17.5. The van der Waals surface area contributed by atoms with Gasteiger partial charge in [-0.05, 0) is 49.2 Å². The molecule has 0 unspecified atom stereocenters. The first-order chi connectivity index (χ1) is 11.5. The molecule has 0 atom stereocenters. The highest BCUT2D eigenvalue weighted by Gasteiger charge is 2.13. The summed E-state index contributed by atoms with van der Waals surface area (Å²) in [6.45, 7) is 4.46. The maximum atomic E-state index is 13.8. The summed E-state index contributed by atoms with van der Waals surface area (Å²) in [5.74, 6) is 0.193. The summed E-state index contributed by atoms with van der Waals surface area (Å²) in [4.78, 5) is 12.3. The zero-order valence-electron chi connectivity index (χ0n) is 14.2. The van der Waals surface area contributed by atoms with Crippen LogP contribution in [-0.2, 0) is 0 Å². The van der Waals surface area contributed by atoms with Crippen molar-refractivity contribution in [2.24, 2.45) is 0 Å². The van der Waals surface area contributed by atoms with Crippen molar-refractivity contribution in [3.63, 3.8) is 0 Å². The standard InChI is InChI=1S/C19H22FNO3/c1-4-5-10-24-17-9-7-14(12-18(17)23-3)19(22)21-16-8-6-13(2)11-15(16)20/h6-9,11-12H,4-5,10H2,1-3H3,(H,21,22). The number of rotatable bonds is 7. The average molecular weight is 331 g/mol. The van der Waals surface area contributed by atoms with Gasteiger partial charge in [-0.1, -0.05) is 19.4 Å². The van der Waals surface area contributed by atoms with Gasteiger partial charge in [-0.2, -0.15) is 0 Å². The Morgan fingerprint density at radius 3 is 2.62 bits per heavy atom. The molecule has 0 aliphatic heterocycles. The molecule has 0 spiro atoms. The van der Waals surface area contributed by atoms with Gasteiger partial charge in [0, 0.05) is 5.56 Å². The topological polar surface area (TPSA) is 47.6 Å². The number of aryl methyl sites for hydroxylation is 1. The average Bonchev–Trinajstić information content (AvgIpc) is 2.57. The van der Waals surface area contributed by atoms with Gasteiger partial charge in [0.1, 0.15) is 5.82 Å². The van der Waals surface area contributed by atoms with Crippen molar-refractivity contribution in [3.8, 4) is 11.5 Å². The fourth-order valence-electron chi connectivity index (χ4n) is 2.17. The molecule has 2 rings (SSSR count). The first-order valence-electron chi connectivity index (χ1n) is 7.93. The lowest BCUT2D eigenvalue weighted by Crippen LogP contribution is -2.13. The van der Waals surface area contributed by atoms with Gasteiger partial charge in [0.15, 0.2) is 11.5 Å². The van der Waals surface area contributed by atoms with Gasteiger partial charge in [-0.15, -0.1) is 0 Å². The third kappa shape index (κ3) is 4.47. The second kappa shape index (κ2) is 8.34. The monoisotopic (exact) mass is 331 g/mol. The smallest absolute Gasteiger partial charge is 0.255 e. The van der Waals surface area contributed by atoms with Gasteiger partial charge < -0.3 is 14.8 Å². The number of carbonyl (C=O) groups excluding carboxylic acids is 1. The molecule has 0 saturated heterocycles. The second-order valence-electron chi connectivity index (χ2n) is 5.51. The molecule has 2 aromatic rings. The van der Waals surface area contributed by atoms with Crippen molar-refractivity contribution in [2.75, 3.05) is 19.0 Å². The Morgan fingerprint density at radius 2 is 1.96 bits per heavy atom. The van der Waals surface area contributed by atoms with Crippen LogP contribution in [0.4, 0.5) is 10.1 Å². The molecule has 5 heteroatoms. The van der Waals surface area contributed by atoms with Crippen molar-refractivity contribution in [3.05, 3.63) is 53.3 Å². The molecule has 0 aliphatic rings. The van der Waals surface area contributed by atoms with Gasteiger partial charge in [0.25, 0.3) is 5.91 Å². The van der Waals surface area contributed by atoms with Crippen molar-refractivity contribution < 1.29 is 18.7 Å². The Kier molecular flexibility index (Phi) is 6.18. The summed E-state index contributed by atoms with van der Waals surface area (Å²) < 4.78 is 24.8. The molecule has 0 heterocycles. The Balaban J connectivity index is 2.14. The van der Waals surface area contributed by atoms with Crippen LogP contribution in [0.3, 0.4) is 0 Å². The van der Waals surface area contributed by atoms with Gasteiger partial charge in [-0.25, -0.2) is 4.39 Å². The molecule has 0 aliphatic carbocycles. The highest BCUT2D eigenvalue weighted by atomic mass is 19.1. The highest BCUT2D eigenvalue weighted by Crippen LogP contribution is 2.29. The molecular formula is C19H22FNO3. The van der Waals surface area contributed by atoms with E-state index < -0.39 is 11.7 Å². The number of nitrogens with one attached hydrogen (secondary N) is 1. The molecule has 1 N–H and O–H groups in total. The Bertz CT molecular complexity index is 716. The molecule has 1 amide bonds. The number of ether oxygens (including phenoxy) is 2. The molecule has 0 bridgehead atoms. The van der Waals surface area contributed by atoms with Gasteiger partial charge in [-0.3, -0.25) is 4.79 Å². The van der Waals surface area contributed by atoms with Gasteiger partial charge in [0.2, 0.25) is 0 Å². The fourth-order valence-corrected chi connectivity index (χ4v) is 2.17. The van der Waals surface area contributed by atoms with Crippen molar-refractivity contribution in [1.29, 1.82) is 0 Å². The maximum absolute atomic E-state index is 13.8. The van der Waals surface area contributed by atoms with Crippen molar-refractivity contribution in [2.45, 2.75) is 26.7 Å². The summed E-state index contributed by atoms with van der Waals surface area (Å²) in [5.41, 5.74) is 1.31. The molecule has 24 heavy (non-hydrogen) atoms. The van der Waals surface area contributed by atoms with E-state index in [2.05, 4.69) is 12.2 Å². The quantitative estimate of drug-likeness (QED) is 0.756. The summed E-state index contributed by atoms with van der Waals surface area (Å²) in [6, 6.07) is 9.57. The van der Waals surface area contributed by atoms with Crippen LogP contribution in [0.15, 0.2) is 36.4 Å². The number of methoxy groups -OCH3 is 1. The normalized spacial score (nSPS) is 10.3. The largest absolute Gasteiger partial charge is 0.493 e.